The van der Waals surface area contributed by atoms with Crippen LogP contribution < -0.4 is 10.6 Å². The zero-order chi connectivity index (χ0) is 34.7. The summed E-state index contributed by atoms with van der Waals surface area (Å²) in [6.45, 7) is 14.1. The fraction of sp³-hybridized carbons (Fsp3) is 0.543. The Bertz CT molecular complexity index is 1320. The van der Waals surface area contributed by atoms with Gasteiger partial charge in [-0.1, -0.05) is 55.5 Å². The van der Waals surface area contributed by atoms with Crippen LogP contribution in [0.5, 0.6) is 5.75 Å². The highest BCUT2D eigenvalue weighted by Gasteiger charge is 2.39. The van der Waals surface area contributed by atoms with Gasteiger partial charge in [0.2, 0.25) is 11.8 Å². The molecule has 0 fully saturated rings. The highest BCUT2D eigenvalue weighted by atomic mass is 32.2. The van der Waals surface area contributed by atoms with Crippen LogP contribution in [0.2, 0.25) is 0 Å². The molecule has 0 aliphatic rings. The van der Waals surface area contributed by atoms with Crippen molar-refractivity contribution >= 4 is 35.6 Å². The van der Waals surface area contributed by atoms with Crippen molar-refractivity contribution in [2.75, 3.05) is 18.6 Å². The quantitative estimate of drug-likeness (QED) is 0.221. The van der Waals surface area contributed by atoms with E-state index < -0.39 is 53.2 Å². The molecule has 2 rings (SSSR count). The number of nitrogens with one attached hydrogen (secondary N) is 2. The number of alkyl carbamates (subject to hydrolysis) is 1. The number of esters is 1. The van der Waals surface area contributed by atoms with E-state index in [1.807, 2.05) is 43.5 Å². The maximum atomic E-state index is 14.4. The Kier molecular flexibility index (Phi) is 14.4. The second-order valence-corrected chi connectivity index (χ2v) is 14.2. The summed E-state index contributed by atoms with van der Waals surface area (Å²) in [4.78, 5) is 56.4. The minimum Gasteiger partial charge on any atom is -0.507 e. The van der Waals surface area contributed by atoms with E-state index in [9.17, 15) is 24.3 Å². The third kappa shape index (κ3) is 12.2. The van der Waals surface area contributed by atoms with Crippen LogP contribution in [-0.4, -0.2) is 75.7 Å². The minimum atomic E-state index is -1.33. The third-order valence-corrected chi connectivity index (χ3v) is 7.41. The summed E-state index contributed by atoms with van der Waals surface area (Å²) < 4.78 is 11.1. The van der Waals surface area contributed by atoms with E-state index >= 15 is 0 Å². The highest BCUT2D eigenvalue weighted by molar-refractivity contribution is 7.98. The highest BCUT2D eigenvalue weighted by Crippen LogP contribution is 2.33. The molecule has 0 saturated carbocycles. The van der Waals surface area contributed by atoms with Gasteiger partial charge in [-0.2, -0.15) is 11.8 Å². The first-order valence-corrected chi connectivity index (χ1v) is 17.0. The van der Waals surface area contributed by atoms with E-state index in [0.717, 1.165) is 5.56 Å². The van der Waals surface area contributed by atoms with Gasteiger partial charge in [-0.25, -0.2) is 9.59 Å². The molecule has 3 atom stereocenters. The lowest BCUT2D eigenvalue weighted by atomic mass is 9.97. The lowest BCUT2D eigenvalue weighted by Gasteiger charge is -2.35. The predicted molar refractivity (Wildman–Crippen MR) is 182 cm³/mol. The van der Waals surface area contributed by atoms with E-state index in [2.05, 4.69) is 10.6 Å². The van der Waals surface area contributed by atoms with Crippen LogP contribution in [0.4, 0.5) is 4.79 Å². The summed E-state index contributed by atoms with van der Waals surface area (Å²) in [6.07, 6.45) is 2.04. The SMILES string of the molecule is CCCN(C(=O)C(CCSC)NC(=O)OC(C)(C)C)C(C(=O)NC(Cc1ccccc1)C(=O)OC(C)(C)C)c1cccc(C)c1O. The van der Waals surface area contributed by atoms with Crippen molar-refractivity contribution < 1.29 is 33.8 Å². The Labute approximate surface area is 278 Å². The molecular weight excluding hydrogens is 606 g/mol. The summed E-state index contributed by atoms with van der Waals surface area (Å²) in [5.41, 5.74) is -0.0898. The van der Waals surface area contributed by atoms with Gasteiger partial charge in [0.1, 0.15) is 35.1 Å². The number of phenolic OH excluding ortho intramolecular Hbond substituents is 1. The number of phenols is 1. The van der Waals surface area contributed by atoms with E-state index in [1.54, 1.807) is 66.7 Å². The zero-order valence-corrected chi connectivity index (χ0v) is 29.5. The second kappa shape index (κ2) is 17.3. The lowest BCUT2D eigenvalue weighted by molar-refractivity contribution is -0.159. The molecule has 0 bridgehead atoms. The van der Waals surface area contributed by atoms with Crippen molar-refractivity contribution in [2.45, 2.75) is 104 Å². The van der Waals surface area contributed by atoms with E-state index in [1.165, 1.54) is 16.7 Å². The van der Waals surface area contributed by atoms with Gasteiger partial charge in [0.25, 0.3) is 0 Å². The van der Waals surface area contributed by atoms with E-state index in [4.69, 9.17) is 9.47 Å². The van der Waals surface area contributed by atoms with Gasteiger partial charge in [-0.05, 0) is 84.4 Å². The van der Waals surface area contributed by atoms with Crippen molar-refractivity contribution in [3.8, 4) is 5.75 Å². The van der Waals surface area contributed by atoms with Crippen molar-refractivity contribution in [3.05, 3.63) is 65.2 Å². The van der Waals surface area contributed by atoms with Crippen LogP contribution >= 0.6 is 11.8 Å². The molecule has 2 aromatic carbocycles. The number of amides is 3. The third-order valence-electron chi connectivity index (χ3n) is 6.76. The summed E-state index contributed by atoms with van der Waals surface area (Å²) >= 11 is 1.51. The fourth-order valence-corrected chi connectivity index (χ4v) is 5.24. The molecule has 3 unspecified atom stereocenters. The molecule has 2 aromatic rings. The van der Waals surface area contributed by atoms with Gasteiger partial charge in [-0.15, -0.1) is 0 Å². The number of benzene rings is 2. The summed E-state index contributed by atoms with van der Waals surface area (Å²) in [7, 11) is 0. The Balaban J connectivity index is 2.62. The fourth-order valence-electron chi connectivity index (χ4n) is 4.77. The van der Waals surface area contributed by atoms with Crippen molar-refractivity contribution in [1.29, 1.82) is 0 Å². The van der Waals surface area contributed by atoms with Crippen molar-refractivity contribution in [3.63, 3.8) is 0 Å². The maximum Gasteiger partial charge on any atom is 0.408 e. The minimum absolute atomic E-state index is 0.131. The molecule has 0 aliphatic heterocycles. The lowest BCUT2D eigenvalue weighted by Crippen LogP contribution is -2.55. The number of hydrogen-bond donors (Lipinski definition) is 3. The van der Waals surface area contributed by atoms with Crippen molar-refractivity contribution in [1.82, 2.24) is 15.5 Å². The first-order valence-electron chi connectivity index (χ1n) is 15.6. The molecule has 0 aromatic heterocycles. The maximum absolute atomic E-state index is 14.4. The average molecular weight is 658 g/mol. The number of rotatable bonds is 14. The molecule has 254 valence electrons. The smallest absolute Gasteiger partial charge is 0.408 e. The van der Waals surface area contributed by atoms with Gasteiger partial charge >= 0.3 is 12.1 Å². The number of carbonyl (C=O) groups is 4. The Morgan fingerprint density at radius 2 is 1.52 bits per heavy atom. The predicted octanol–water partition coefficient (Wildman–Crippen LogP) is 5.70. The number of ether oxygens (including phenoxy) is 2. The van der Waals surface area contributed by atoms with Crippen molar-refractivity contribution in [2.24, 2.45) is 0 Å². The Morgan fingerprint density at radius 3 is 2.09 bits per heavy atom. The largest absolute Gasteiger partial charge is 0.507 e. The summed E-state index contributed by atoms with van der Waals surface area (Å²) in [6, 6.07) is 10.8. The van der Waals surface area contributed by atoms with E-state index in [0.29, 0.717) is 17.7 Å². The number of aromatic hydroxyl groups is 1. The topological polar surface area (TPSA) is 134 Å². The monoisotopic (exact) mass is 657 g/mol. The number of thioether (sulfide) groups is 1. The van der Waals surface area contributed by atoms with Gasteiger partial charge in [0, 0.05) is 18.5 Å². The second-order valence-electron chi connectivity index (χ2n) is 13.2. The number of carbonyl (C=O) groups excluding carboxylic acids is 4. The molecule has 0 saturated heterocycles. The molecule has 3 N–H and O–H groups in total. The van der Waals surface area contributed by atoms with Crippen LogP contribution in [0.25, 0.3) is 0 Å². The molecule has 0 heterocycles. The van der Waals surface area contributed by atoms with Crippen LogP contribution in [-0.2, 0) is 30.3 Å². The molecular formula is C35H51N3O7S. The number of nitrogens with zero attached hydrogens (tertiary/aromatic N) is 1. The molecule has 3 amide bonds. The molecule has 0 aliphatic carbocycles. The van der Waals surface area contributed by atoms with E-state index in [-0.39, 0.29) is 30.7 Å². The molecule has 0 spiro atoms. The van der Waals surface area contributed by atoms with Crippen LogP contribution in [0.3, 0.4) is 0 Å². The first kappa shape index (κ1) is 38.5. The number of hydrogen-bond acceptors (Lipinski definition) is 8. The number of para-hydroxylation sites is 1. The van der Waals surface area contributed by atoms with Gasteiger partial charge < -0.3 is 30.1 Å². The first-order chi connectivity index (χ1) is 21.5. The summed E-state index contributed by atoms with van der Waals surface area (Å²) in [5.74, 6) is -1.41. The molecule has 11 heteroatoms. The van der Waals surface area contributed by atoms with Gasteiger partial charge in [-0.3, -0.25) is 9.59 Å². The van der Waals surface area contributed by atoms with Crippen LogP contribution in [0.1, 0.15) is 84.0 Å². The summed E-state index contributed by atoms with van der Waals surface area (Å²) in [5, 5.41) is 16.7. The van der Waals surface area contributed by atoms with Gasteiger partial charge in [0.05, 0.1) is 0 Å². The Morgan fingerprint density at radius 1 is 0.891 bits per heavy atom. The normalized spacial score (nSPS) is 13.6. The van der Waals surface area contributed by atoms with Crippen LogP contribution in [0.15, 0.2) is 48.5 Å². The standard InChI is InChI=1S/C35H51N3O7S/c1-10-20-38(31(41)26(19-21-46-9)37-33(43)45-35(6,7)8)28(25-18-14-15-23(2)29(25)39)30(40)36-27(32(42)44-34(3,4)5)22-24-16-12-11-13-17-24/h11-18,26-28,39H,10,19-22H2,1-9H3,(H,36,40)(H,37,43). The van der Waals surface area contributed by atoms with Crippen LogP contribution in [0, 0.1) is 6.92 Å². The average Bonchev–Trinajstić information content (AvgIpc) is 2.95. The van der Waals surface area contributed by atoms with Gasteiger partial charge in [0.15, 0.2) is 0 Å². The zero-order valence-electron chi connectivity index (χ0n) is 28.6. The molecule has 0 radical (unpaired) electrons. The molecule has 46 heavy (non-hydrogen) atoms. The Hall–Kier alpha value is -3.73. The molecule has 10 nitrogen and oxygen atoms in total. The number of aryl methyl sites for hydroxylation is 1.